The van der Waals surface area contributed by atoms with Gasteiger partial charge in [0.05, 0.1) is 25.2 Å². The first-order valence-corrected chi connectivity index (χ1v) is 23.9. The summed E-state index contributed by atoms with van der Waals surface area (Å²) >= 11 is 0. The smallest absolute Gasteiger partial charge is 0.306 e. The number of hydrogen-bond donors (Lipinski definition) is 3. The Bertz CT molecular complexity index is 817. The van der Waals surface area contributed by atoms with Crippen LogP contribution in [0.4, 0.5) is 0 Å². The standard InChI is InChI=1S/C48H93NO5/c1-4-7-10-13-16-19-22-23-24-26-29-32-35-38-41-48(53)54-44(39-36-33-30-27-21-18-15-12-9-6-3)42-47(52)49-45(43-50)46(51)40-37-34-31-28-25-20-17-14-11-8-5-2/h18,21,44-46,50-51H,4-17,19-20,22-43H2,1-3H3,(H,49,52)/b21-18-. The molecule has 6 heteroatoms. The van der Waals surface area contributed by atoms with Gasteiger partial charge in [0.2, 0.25) is 5.91 Å². The number of carbonyl (C=O) groups excluding carboxylic acids is 2. The van der Waals surface area contributed by atoms with Gasteiger partial charge in [0, 0.05) is 6.42 Å². The first-order valence-electron chi connectivity index (χ1n) is 23.9. The number of aliphatic hydroxyl groups is 2. The first-order chi connectivity index (χ1) is 26.5. The summed E-state index contributed by atoms with van der Waals surface area (Å²) < 4.78 is 5.90. The van der Waals surface area contributed by atoms with E-state index in [0.717, 1.165) is 64.2 Å². The fourth-order valence-electron chi connectivity index (χ4n) is 7.43. The zero-order valence-electron chi connectivity index (χ0n) is 36.4. The highest BCUT2D eigenvalue weighted by Gasteiger charge is 2.24. The highest BCUT2D eigenvalue weighted by atomic mass is 16.5. The Morgan fingerprint density at radius 1 is 0.519 bits per heavy atom. The quantitative estimate of drug-likeness (QED) is 0.0326. The molecular formula is C48H93NO5. The summed E-state index contributed by atoms with van der Waals surface area (Å²) in [5.41, 5.74) is 0. The summed E-state index contributed by atoms with van der Waals surface area (Å²) in [6, 6.07) is -0.698. The van der Waals surface area contributed by atoms with Crippen LogP contribution in [0.2, 0.25) is 0 Å². The van der Waals surface area contributed by atoms with Crippen LogP contribution in [0.5, 0.6) is 0 Å². The number of unbranched alkanes of at least 4 members (excludes halogenated alkanes) is 29. The van der Waals surface area contributed by atoms with Gasteiger partial charge in [0.1, 0.15) is 6.10 Å². The fraction of sp³-hybridized carbons (Fsp3) is 0.917. The zero-order valence-corrected chi connectivity index (χ0v) is 36.4. The predicted molar refractivity (Wildman–Crippen MR) is 232 cm³/mol. The Morgan fingerprint density at radius 2 is 0.889 bits per heavy atom. The van der Waals surface area contributed by atoms with Gasteiger partial charge in [-0.25, -0.2) is 0 Å². The second kappa shape index (κ2) is 42.7. The summed E-state index contributed by atoms with van der Waals surface area (Å²) in [5.74, 6) is -0.478. The molecule has 0 rings (SSSR count). The minimum atomic E-state index is -0.783. The van der Waals surface area contributed by atoms with E-state index in [0.29, 0.717) is 19.3 Å². The Hall–Kier alpha value is -1.40. The molecule has 0 aliphatic rings. The average Bonchev–Trinajstić information content (AvgIpc) is 3.16. The fourth-order valence-corrected chi connectivity index (χ4v) is 7.43. The molecule has 0 aromatic carbocycles. The lowest BCUT2D eigenvalue weighted by Gasteiger charge is -2.24. The van der Waals surface area contributed by atoms with Crippen LogP contribution in [-0.2, 0) is 14.3 Å². The third-order valence-electron chi connectivity index (χ3n) is 11.1. The summed E-state index contributed by atoms with van der Waals surface area (Å²) in [5, 5.41) is 23.6. The van der Waals surface area contributed by atoms with Gasteiger partial charge in [-0.05, 0) is 51.4 Å². The van der Waals surface area contributed by atoms with Gasteiger partial charge < -0.3 is 20.3 Å². The molecule has 0 aliphatic heterocycles. The third-order valence-corrected chi connectivity index (χ3v) is 11.1. The first kappa shape index (κ1) is 52.6. The van der Waals surface area contributed by atoms with Gasteiger partial charge in [-0.3, -0.25) is 9.59 Å². The van der Waals surface area contributed by atoms with Crippen molar-refractivity contribution in [2.24, 2.45) is 0 Å². The maximum absolute atomic E-state index is 13.1. The number of esters is 1. The van der Waals surface area contributed by atoms with Crippen molar-refractivity contribution in [1.29, 1.82) is 0 Å². The van der Waals surface area contributed by atoms with Crippen molar-refractivity contribution < 1.29 is 24.5 Å². The van der Waals surface area contributed by atoms with E-state index >= 15 is 0 Å². The molecule has 3 N–H and O–H groups in total. The number of ether oxygens (including phenoxy) is 1. The van der Waals surface area contributed by atoms with E-state index in [4.69, 9.17) is 4.74 Å². The van der Waals surface area contributed by atoms with Crippen LogP contribution in [-0.4, -0.2) is 46.9 Å². The summed E-state index contributed by atoms with van der Waals surface area (Å²) in [6.07, 6.45) is 45.6. The third kappa shape index (κ3) is 37.5. The molecule has 320 valence electrons. The molecular weight excluding hydrogens is 671 g/mol. The van der Waals surface area contributed by atoms with Crippen LogP contribution in [0.25, 0.3) is 0 Å². The van der Waals surface area contributed by atoms with Gasteiger partial charge in [0.15, 0.2) is 0 Å². The number of hydrogen-bond acceptors (Lipinski definition) is 5. The Morgan fingerprint density at radius 3 is 1.35 bits per heavy atom. The van der Waals surface area contributed by atoms with Gasteiger partial charge in [-0.15, -0.1) is 0 Å². The number of rotatable bonds is 43. The lowest BCUT2D eigenvalue weighted by Crippen LogP contribution is -2.46. The van der Waals surface area contributed by atoms with Crippen molar-refractivity contribution in [2.75, 3.05) is 6.61 Å². The molecule has 54 heavy (non-hydrogen) atoms. The molecule has 1 amide bonds. The molecule has 0 aliphatic carbocycles. The number of aliphatic hydroxyl groups excluding tert-OH is 2. The molecule has 0 aromatic rings. The van der Waals surface area contributed by atoms with E-state index in [1.54, 1.807) is 0 Å². The average molecular weight is 764 g/mol. The number of carbonyl (C=O) groups is 2. The second-order valence-electron chi connectivity index (χ2n) is 16.5. The van der Waals surface area contributed by atoms with Crippen molar-refractivity contribution in [3.05, 3.63) is 12.2 Å². The molecule has 0 saturated carbocycles. The van der Waals surface area contributed by atoms with E-state index in [1.807, 2.05) is 0 Å². The normalized spacial score (nSPS) is 13.4. The van der Waals surface area contributed by atoms with Gasteiger partial charge in [-0.1, -0.05) is 206 Å². The molecule has 0 heterocycles. The van der Waals surface area contributed by atoms with E-state index < -0.39 is 18.2 Å². The van der Waals surface area contributed by atoms with Crippen LogP contribution in [0, 0.1) is 0 Å². The zero-order chi connectivity index (χ0) is 39.6. The van der Waals surface area contributed by atoms with Gasteiger partial charge in [0.25, 0.3) is 0 Å². The van der Waals surface area contributed by atoms with Crippen molar-refractivity contribution >= 4 is 11.9 Å². The van der Waals surface area contributed by atoms with Gasteiger partial charge in [-0.2, -0.15) is 0 Å². The Kier molecular flexibility index (Phi) is 41.6. The van der Waals surface area contributed by atoms with Crippen molar-refractivity contribution in [3.8, 4) is 0 Å². The van der Waals surface area contributed by atoms with Crippen molar-refractivity contribution in [2.45, 2.75) is 277 Å². The van der Waals surface area contributed by atoms with Crippen molar-refractivity contribution in [1.82, 2.24) is 5.32 Å². The van der Waals surface area contributed by atoms with Gasteiger partial charge >= 0.3 is 5.97 Å². The number of allylic oxidation sites excluding steroid dienone is 2. The molecule has 3 unspecified atom stereocenters. The van der Waals surface area contributed by atoms with Crippen LogP contribution in [0.15, 0.2) is 12.2 Å². The van der Waals surface area contributed by atoms with E-state index in [-0.39, 0.29) is 24.9 Å². The van der Waals surface area contributed by atoms with Crippen LogP contribution in [0.1, 0.15) is 258 Å². The second-order valence-corrected chi connectivity index (χ2v) is 16.5. The largest absolute Gasteiger partial charge is 0.462 e. The number of amides is 1. The highest BCUT2D eigenvalue weighted by Crippen LogP contribution is 2.18. The SMILES string of the molecule is CCCCC/C=C\CCCCCC(CC(=O)NC(CO)C(O)CCCCCCCCCCCCC)OC(=O)CCCCCCCCCCCCCCCC. The van der Waals surface area contributed by atoms with E-state index in [1.165, 1.54) is 148 Å². The molecule has 0 aromatic heterocycles. The summed E-state index contributed by atoms with van der Waals surface area (Å²) in [4.78, 5) is 26.0. The molecule has 3 atom stereocenters. The van der Waals surface area contributed by atoms with Crippen LogP contribution < -0.4 is 5.32 Å². The van der Waals surface area contributed by atoms with Crippen LogP contribution >= 0.6 is 0 Å². The Labute approximate surface area is 336 Å². The minimum absolute atomic E-state index is 0.0729. The maximum Gasteiger partial charge on any atom is 0.306 e. The molecule has 0 saturated heterocycles. The predicted octanol–water partition coefficient (Wildman–Crippen LogP) is 13.8. The highest BCUT2D eigenvalue weighted by molar-refractivity contribution is 5.77. The van der Waals surface area contributed by atoms with E-state index in [2.05, 4.69) is 38.2 Å². The molecule has 0 radical (unpaired) electrons. The molecule has 6 nitrogen and oxygen atoms in total. The topological polar surface area (TPSA) is 95.9 Å². The molecule has 0 fully saturated rings. The van der Waals surface area contributed by atoms with Crippen molar-refractivity contribution in [3.63, 3.8) is 0 Å². The van der Waals surface area contributed by atoms with E-state index in [9.17, 15) is 19.8 Å². The molecule has 0 bridgehead atoms. The Balaban J connectivity index is 4.52. The van der Waals surface area contributed by atoms with Crippen LogP contribution in [0.3, 0.4) is 0 Å². The summed E-state index contributed by atoms with van der Waals surface area (Å²) in [7, 11) is 0. The number of nitrogens with one attached hydrogen (secondary N) is 1. The lowest BCUT2D eigenvalue weighted by molar-refractivity contribution is -0.151. The molecule has 0 spiro atoms. The lowest BCUT2D eigenvalue weighted by atomic mass is 10.0. The minimum Gasteiger partial charge on any atom is -0.462 e. The monoisotopic (exact) mass is 764 g/mol. The maximum atomic E-state index is 13.1. The summed E-state index contributed by atoms with van der Waals surface area (Å²) in [6.45, 7) is 6.45.